The Morgan fingerprint density at radius 2 is 1.83 bits per heavy atom. The van der Waals surface area contributed by atoms with Crippen molar-refractivity contribution in [2.24, 2.45) is 0 Å². The van der Waals surface area contributed by atoms with Crippen molar-refractivity contribution in [1.82, 2.24) is 4.31 Å². The molecule has 0 saturated heterocycles. The van der Waals surface area contributed by atoms with E-state index in [4.69, 9.17) is 0 Å². The molecule has 1 heterocycles. The van der Waals surface area contributed by atoms with Gasteiger partial charge in [0.25, 0.3) is 10.0 Å². The zero-order valence-corrected chi connectivity index (χ0v) is 10.6. The molecule has 0 radical (unpaired) electrons. The van der Waals surface area contributed by atoms with Crippen LogP contribution in [-0.2, 0) is 10.0 Å². The first kappa shape index (κ1) is 11.5. The smallest absolute Gasteiger partial charge is 0.306 e. The number of hydrogen-bond acceptors (Lipinski definition) is 3. The molecule has 1 N–H and O–H groups in total. The lowest BCUT2D eigenvalue weighted by atomic mass is 10.2. The molecule has 0 spiro atoms. The zero-order chi connectivity index (χ0) is 12.8. The highest BCUT2D eigenvalue weighted by atomic mass is 32.2. The quantitative estimate of drug-likeness (QED) is 0.847. The molecule has 1 aliphatic heterocycles. The van der Waals surface area contributed by atoms with E-state index in [1.165, 1.54) is 6.07 Å². The summed E-state index contributed by atoms with van der Waals surface area (Å²) in [6.45, 7) is 0. The van der Waals surface area contributed by atoms with E-state index in [0.29, 0.717) is 5.69 Å². The molecular weight excluding hydrogens is 252 g/mol. The molecule has 0 aromatic heterocycles. The molecule has 1 fully saturated rings. The van der Waals surface area contributed by atoms with Crippen molar-refractivity contribution in [2.45, 2.75) is 36.6 Å². The predicted molar refractivity (Wildman–Crippen MR) is 66.7 cm³/mol. The van der Waals surface area contributed by atoms with Gasteiger partial charge in [-0.2, -0.15) is 0 Å². The second kappa shape index (κ2) is 3.98. The van der Waals surface area contributed by atoms with Crippen LogP contribution in [0, 0.1) is 0 Å². The minimum absolute atomic E-state index is 0.191. The van der Waals surface area contributed by atoms with Crippen LogP contribution < -0.4 is 5.32 Å². The summed E-state index contributed by atoms with van der Waals surface area (Å²) in [7, 11) is -3.69. The summed E-state index contributed by atoms with van der Waals surface area (Å²) in [4.78, 5) is 12.2. The lowest BCUT2D eigenvalue weighted by Gasteiger charge is -2.32. The Balaban J connectivity index is 2.10. The molecule has 1 saturated carbocycles. The van der Waals surface area contributed by atoms with Crippen LogP contribution in [-0.4, -0.2) is 24.8 Å². The summed E-state index contributed by atoms with van der Waals surface area (Å²) in [5.41, 5.74) is 0.372. The van der Waals surface area contributed by atoms with E-state index in [2.05, 4.69) is 5.32 Å². The number of fused-ring (bicyclic) bond motifs is 1. The highest BCUT2D eigenvalue weighted by molar-refractivity contribution is 7.90. The summed E-state index contributed by atoms with van der Waals surface area (Å²) >= 11 is 0. The number of para-hydroxylation sites is 1. The van der Waals surface area contributed by atoms with Gasteiger partial charge in [-0.3, -0.25) is 0 Å². The lowest BCUT2D eigenvalue weighted by molar-refractivity contribution is 0.224. The van der Waals surface area contributed by atoms with Gasteiger partial charge in [-0.25, -0.2) is 17.5 Å². The number of nitrogens with zero attached hydrogens (tertiary/aromatic N) is 1. The van der Waals surface area contributed by atoms with E-state index in [1.54, 1.807) is 18.2 Å². The molecule has 2 aliphatic rings. The molecule has 2 amide bonds. The SMILES string of the molecule is O=C1Nc2ccccc2S(=O)(=O)N1C1CCCC1. The fourth-order valence-electron chi connectivity index (χ4n) is 2.68. The van der Waals surface area contributed by atoms with E-state index in [-0.39, 0.29) is 10.9 Å². The van der Waals surface area contributed by atoms with Crippen LogP contribution in [0.1, 0.15) is 25.7 Å². The predicted octanol–water partition coefficient (Wildman–Crippen LogP) is 2.17. The number of urea groups is 1. The van der Waals surface area contributed by atoms with Crippen molar-refractivity contribution in [3.05, 3.63) is 24.3 Å². The maximum Gasteiger partial charge on any atom is 0.336 e. The molecule has 3 rings (SSSR count). The molecule has 6 heteroatoms. The standard InChI is InChI=1S/C12H14N2O3S/c15-12-13-10-7-3-4-8-11(10)18(16,17)14(12)9-5-1-2-6-9/h3-4,7-9H,1-2,5-6H2,(H,13,15). The van der Waals surface area contributed by atoms with Crippen molar-refractivity contribution in [3.8, 4) is 0 Å². The number of benzene rings is 1. The van der Waals surface area contributed by atoms with Crippen molar-refractivity contribution in [1.29, 1.82) is 0 Å². The average molecular weight is 266 g/mol. The highest BCUT2D eigenvalue weighted by Gasteiger charge is 2.41. The zero-order valence-electron chi connectivity index (χ0n) is 9.80. The maximum absolute atomic E-state index is 12.5. The first-order valence-corrected chi connectivity index (χ1v) is 7.49. The van der Waals surface area contributed by atoms with Gasteiger partial charge in [0.1, 0.15) is 4.90 Å². The molecular formula is C12H14N2O3S. The number of carbonyl (C=O) groups excluding carboxylic acids is 1. The molecule has 1 aromatic carbocycles. The number of carbonyl (C=O) groups is 1. The number of hydrogen-bond donors (Lipinski definition) is 1. The third kappa shape index (κ3) is 1.59. The van der Waals surface area contributed by atoms with Crippen molar-refractivity contribution in [2.75, 3.05) is 5.32 Å². The number of anilines is 1. The fraction of sp³-hybridized carbons (Fsp3) is 0.417. The van der Waals surface area contributed by atoms with Gasteiger partial charge >= 0.3 is 6.03 Å². The molecule has 0 bridgehead atoms. The number of rotatable bonds is 1. The van der Waals surface area contributed by atoms with Gasteiger partial charge in [-0.1, -0.05) is 25.0 Å². The van der Waals surface area contributed by atoms with Crippen LogP contribution in [0.4, 0.5) is 10.5 Å². The molecule has 0 unspecified atom stereocenters. The Bertz CT molecular complexity index is 591. The van der Waals surface area contributed by atoms with Crippen LogP contribution in [0.25, 0.3) is 0 Å². The minimum atomic E-state index is -3.69. The monoisotopic (exact) mass is 266 g/mol. The van der Waals surface area contributed by atoms with Crippen LogP contribution in [0.15, 0.2) is 29.2 Å². The van der Waals surface area contributed by atoms with E-state index in [1.807, 2.05) is 0 Å². The Kier molecular flexibility index (Phi) is 2.55. The summed E-state index contributed by atoms with van der Waals surface area (Å²) in [5, 5.41) is 2.65. The van der Waals surface area contributed by atoms with Crippen LogP contribution in [0.3, 0.4) is 0 Å². The van der Waals surface area contributed by atoms with E-state index in [9.17, 15) is 13.2 Å². The Morgan fingerprint density at radius 1 is 1.17 bits per heavy atom. The molecule has 1 aromatic rings. The topological polar surface area (TPSA) is 66.5 Å². The van der Waals surface area contributed by atoms with E-state index >= 15 is 0 Å². The van der Waals surface area contributed by atoms with Gasteiger partial charge in [0.15, 0.2) is 0 Å². The third-order valence-corrected chi connectivity index (χ3v) is 5.42. The Morgan fingerprint density at radius 3 is 2.56 bits per heavy atom. The van der Waals surface area contributed by atoms with Crippen LogP contribution in [0.2, 0.25) is 0 Å². The summed E-state index contributed by atoms with van der Waals surface area (Å²) in [6.07, 6.45) is 3.47. The fourth-order valence-corrected chi connectivity index (χ4v) is 4.41. The van der Waals surface area contributed by atoms with Crippen molar-refractivity contribution < 1.29 is 13.2 Å². The minimum Gasteiger partial charge on any atom is -0.306 e. The lowest BCUT2D eigenvalue weighted by Crippen LogP contribution is -2.48. The first-order chi connectivity index (χ1) is 8.60. The number of nitrogens with one attached hydrogen (secondary N) is 1. The van der Waals surface area contributed by atoms with Gasteiger partial charge in [0, 0.05) is 0 Å². The van der Waals surface area contributed by atoms with Gasteiger partial charge in [0.05, 0.1) is 11.7 Å². The van der Waals surface area contributed by atoms with E-state index < -0.39 is 16.1 Å². The second-order valence-electron chi connectivity index (χ2n) is 4.67. The average Bonchev–Trinajstić information content (AvgIpc) is 2.82. The third-order valence-electron chi connectivity index (χ3n) is 3.52. The second-order valence-corrected chi connectivity index (χ2v) is 6.45. The molecule has 0 atom stereocenters. The van der Waals surface area contributed by atoms with Gasteiger partial charge in [-0.05, 0) is 25.0 Å². The van der Waals surface area contributed by atoms with E-state index in [0.717, 1.165) is 30.0 Å². The van der Waals surface area contributed by atoms with Gasteiger partial charge < -0.3 is 5.32 Å². The summed E-state index contributed by atoms with van der Waals surface area (Å²) in [6, 6.07) is 5.80. The van der Waals surface area contributed by atoms with Crippen molar-refractivity contribution >= 4 is 21.7 Å². The molecule has 96 valence electrons. The number of sulfonamides is 1. The summed E-state index contributed by atoms with van der Waals surface area (Å²) in [5.74, 6) is 0. The maximum atomic E-state index is 12.5. The molecule has 18 heavy (non-hydrogen) atoms. The van der Waals surface area contributed by atoms with Crippen LogP contribution >= 0.6 is 0 Å². The first-order valence-electron chi connectivity index (χ1n) is 6.05. The van der Waals surface area contributed by atoms with Gasteiger partial charge in [-0.15, -0.1) is 0 Å². The number of amides is 2. The van der Waals surface area contributed by atoms with Crippen molar-refractivity contribution in [3.63, 3.8) is 0 Å². The Labute approximate surface area is 106 Å². The van der Waals surface area contributed by atoms with Crippen LogP contribution in [0.5, 0.6) is 0 Å². The Hall–Kier alpha value is -1.56. The summed E-state index contributed by atoms with van der Waals surface area (Å²) < 4.78 is 26.0. The molecule has 1 aliphatic carbocycles. The normalized spacial score (nSPS) is 22.7. The highest BCUT2D eigenvalue weighted by Crippen LogP contribution is 2.35. The molecule has 5 nitrogen and oxygen atoms in total. The largest absolute Gasteiger partial charge is 0.336 e. The van der Waals surface area contributed by atoms with Gasteiger partial charge in [0.2, 0.25) is 0 Å².